The second kappa shape index (κ2) is 11.9. The van der Waals surface area contributed by atoms with Gasteiger partial charge in [-0.15, -0.1) is 0 Å². The number of fused-ring (bicyclic) bond motifs is 1. The predicted octanol–water partition coefficient (Wildman–Crippen LogP) is 4.38. The summed E-state index contributed by atoms with van der Waals surface area (Å²) in [5, 5.41) is 0. The number of rotatable bonds is 9. The van der Waals surface area contributed by atoms with Gasteiger partial charge in [-0.25, -0.2) is 0 Å². The molecule has 2 aliphatic heterocycles. The Balaban J connectivity index is 1.23. The van der Waals surface area contributed by atoms with Crippen LogP contribution in [0.2, 0.25) is 0 Å². The molecule has 2 aromatic carbocycles. The molecule has 0 bridgehead atoms. The highest BCUT2D eigenvalue weighted by Gasteiger charge is 2.33. The minimum absolute atomic E-state index is 0.0193. The average molecular weight is 479 g/mol. The molecule has 2 aromatic rings. The highest BCUT2D eigenvalue weighted by atomic mass is 16.5. The molecule has 0 saturated carbocycles. The second-order valence-electron chi connectivity index (χ2n) is 9.19. The van der Waals surface area contributed by atoms with Crippen molar-refractivity contribution in [2.45, 2.75) is 57.9 Å². The van der Waals surface area contributed by atoms with Crippen molar-refractivity contribution in [3.05, 3.63) is 59.7 Å². The summed E-state index contributed by atoms with van der Waals surface area (Å²) in [5.74, 6) is 0.699. The Labute approximate surface area is 207 Å². The number of esters is 1. The van der Waals surface area contributed by atoms with Gasteiger partial charge in [0.25, 0.3) is 5.91 Å². The van der Waals surface area contributed by atoms with Gasteiger partial charge in [0.15, 0.2) is 0 Å². The number of benzene rings is 2. The molecule has 0 radical (unpaired) electrons. The molecular formula is C28H34N2O5. The maximum atomic E-state index is 13.0. The van der Waals surface area contributed by atoms with E-state index in [9.17, 15) is 14.4 Å². The van der Waals surface area contributed by atoms with Crippen LogP contribution in [0.4, 0.5) is 5.69 Å². The first kappa shape index (κ1) is 24.8. The molecule has 35 heavy (non-hydrogen) atoms. The zero-order valence-corrected chi connectivity index (χ0v) is 20.4. The number of hydrogen-bond acceptors (Lipinski definition) is 5. The van der Waals surface area contributed by atoms with E-state index < -0.39 is 0 Å². The molecule has 4 rings (SSSR count). The van der Waals surface area contributed by atoms with Gasteiger partial charge in [-0.1, -0.05) is 18.2 Å². The smallest absolute Gasteiger partial charge is 0.302 e. The zero-order chi connectivity index (χ0) is 24.6. The number of aryl methyl sites for hydroxylation is 1. The van der Waals surface area contributed by atoms with E-state index in [4.69, 9.17) is 9.47 Å². The lowest BCUT2D eigenvalue weighted by Crippen LogP contribution is -2.50. The Kier molecular flexibility index (Phi) is 8.40. The standard InChI is InChI=1S/C28H34N2O5/c1-21(31)34-19-5-2-6-20-35-25-12-9-23(10-13-25)28(33)29-17-15-24(16-18-29)30-26-8-4-3-7-22(26)11-14-27(30)32/h3-4,7-10,12-13,24H,2,5-6,11,14-20H2,1H3. The number of nitrogens with zero attached hydrogens (tertiary/aromatic N) is 2. The van der Waals surface area contributed by atoms with E-state index in [2.05, 4.69) is 6.07 Å². The number of unbranched alkanes of at least 4 members (excludes halogenated alkanes) is 2. The fourth-order valence-electron chi connectivity index (χ4n) is 4.84. The summed E-state index contributed by atoms with van der Waals surface area (Å²) in [6.45, 7) is 3.73. The number of carbonyl (C=O) groups excluding carboxylic acids is 3. The van der Waals surface area contributed by atoms with Crippen molar-refractivity contribution in [2.24, 2.45) is 0 Å². The third-order valence-electron chi connectivity index (χ3n) is 6.71. The summed E-state index contributed by atoms with van der Waals surface area (Å²) in [6, 6.07) is 15.6. The van der Waals surface area contributed by atoms with E-state index in [0.717, 1.165) is 50.0 Å². The van der Waals surface area contributed by atoms with E-state index in [1.807, 2.05) is 52.3 Å². The molecular weight excluding hydrogens is 444 g/mol. The van der Waals surface area contributed by atoms with E-state index in [1.165, 1.54) is 12.5 Å². The van der Waals surface area contributed by atoms with Gasteiger partial charge in [-0.3, -0.25) is 14.4 Å². The normalized spacial score (nSPS) is 16.1. The van der Waals surface area contributed by atoms with E-state index in [0.29, 0.717) is 38.3 Å². The van der Waals surface area contributed by atoms with Crippen LogP contribution in [0.5, 0.6) is 5.75 Å². The first-order chi connectivity index (χ1) is 17.0. The van der Waals surface area contributed by atoms with Gasteiger partial charge in [0.2, 0.25) is 5.91 Å². The fourth-order valence-corrected chi connectivity index (χ4v) is 4.84. The summed E-state index contributed by atoms with van der Waals surface area (Å²) in [6.07, 6.45) is 5.55. The van der Waals surface area contributed by atoms with Crippen LogP contribution >= 0.6 is 0 Å². The van der Waals surface area contributed by atoms with E-state index in [1.54, 1.807) is 0 Å². The molecule has 0 unspecified atom stereocenters. The molecule has 2 heterocycles. The maximum Gasteiger partial charge on any atom is 0.302 e. The van der Waals surface area contributed by atoms with E-state index in [-0.39, 0.29) is 23.8 Å². The molecule has 1 fully saturated rings. The molecule has 7 nitrogen and oxygen atoms in total. The van der Waals surface area contributed by atoms with Crippen LogP contribution in [0.25, 0.3) is 0 Å². The maximum absolute atomic E-state index is 13.0. The zero-order valence-electron chi connectivity index (χ0n) is 20.4. The van der Waals surface area contributed by atoms with E-state index >= 15 is 0 Å². The fraction of sp³-hybridized carbons (Fsp3) is 0.464. The number of carbonyl (C=O) groups is 3. The van der Waals surface area contributed by atoms with Crippen molar-refractivity contribution in [3.63, 3.8) is 0 Å². The topological polar surface area (TPSA) is 76.2 Å². The minimum Gasteiger partial charge on any atom is -0.494 e. The molecule has 2 amide bonds. The van der Waals surface area contributed by atoms with Crippen molar-refractivity contribution < 1.29 is 23.9 Å². The summed E-state index contributed by atoms with van der Waals surface area (Å²) in [4.78, 5) is 40.3. The summed E-state index contributed by atoms with van der Waals surface area (Å²) in [7, 11) is 0. The molecule has 186 valence electrons. The Morgan fingerprint density at radius 1 is 0.914 bits per heavy atom. The molecule has 2 aliphatic rings. The van der Waals surface area contributed by atoms with Gasteiger partial charge >= 0.3 is 5.97 Å². The molecule has 0 aromatic heterocycles. The number of likely N-dealkylation sites (tertiary alicyclic amines) is 1. The van der Waals surface area contributed by atoms with Crippen LogP contribution in [-0.4, -0.2) is 55.0 Å². The predicted molar refractivity (Wildman–Crippen MR) is 134 cm³/mol. The average Bonchev–Trinajstić information content (AvgIpc) is 2.88. The van der Waals surface area contributed by atoms with Crippen molar-refractivity contribution in [3.8, 4) is 5.75 Å². The Hall–Kier alpha value is -3.35. The van der Waals surface area contributed by atoms with Gasteiger partial charge in [0.1, 0.15) is 5.75 Å². The van der Waals surface area contributed by atoms with Gasteiger partial charge in [-0.05, 0) is 74.4 Å². The molecule has 0 atom stereocenters. The van der Waals surface area contributed by atoms with Crippen LogP contribution in [0, 0.1) is 0 Å². The van der Waals surface area contributed by atoms with Crippen LogP contribution in [0.3, 0.4) is 0 Å². The third kappa shape index (κ3) is 6.41. The highest BCUT2D eigenvalue weighted by Crippen LogP contribution is 2.32. The van der Waals surface area contributed by atoms with Gasteiger partial charge in [0.05, 0.1) is 13.2 Å². The quantitative estimate of drug-likeness (QED) is 0.395. The first-order valence-electron chi connectivity index (χ1n) is 12.6. The lowest BCUT2D eigenvalue weighted by molar-refractivity contribution is -0.141. The molecule has 7 heteroatoms. The summed E-state index contributed by atoms with van der Waals surface area (Å²) < 4.78 is 10.7. The van der Waals surface area contributed by atoms with Crippen LogP contribution in [0.15, 0.2) is 48.5 Å². The molecule has 0 N–H and O–H groups in total. The van der Waals surface area contributed by atoms with Crippen molar-refractivity contribution in [2.75, 3.05) is 31.2 Å². The number of para-hydroxylation sites is 1. The summed E-state index contributed by atoms with van der Waals surface area (Å²) >= 11 is 0. The van der Waals surface area contributed by atoms with Crippen molar-refractivity contribution in [1.82, 2.24) is 4.90 Å². The first-order valence-corrected chi connectivity index (χ1v) is 12.6. The molecule has 0 spiro atoms. The largest absolute Gasteiger partial charge is 0.494 e. The number of anilines is 1. The Bertz CT molecular complexity index is 1030. The number of hydrogen-bond donors (Lipinski definition) is 0. The minimum atomic E-state index is -0.247. The number of piperidine rings is 1. The van der Waals surface area contributed by atoms with Crippen LogP contribution in [-0.2, 0) is 20.7 Å². The second-order valence-corrected chi connectivity index (χ2v) is 9.19. The number of ether oxygens (including phenoxy) is 2. The molecule has 1 saturated heterocycles. The highest BCUT2D eigenvalue weighted by molar-refractivity contribution is 5.97. The monoisotopic (exact) mass is 478 g/mol. The van der Waals surface area contributed by atoms with Gasteiger partial charge in [0, 0.05) is 43.7 Å². The van der Waals surface area contributed by atoms with Gasteiger partial charge in [-0.2, -0.15) is 0 Å². The Morgan fingerprint density at radius 2 is 1.63 bits per heavy atom. The summed E-state index contributed by atoms with van der Waals surface area (Å²) in [5.41, 5.74) is 2.92. The number of amides is 2. The Morgan fingerprint density at radius 3 is 2.37 bits per heavy atom. The molecule has 0 aliphatic carbocycles. The van der Waals surface area contributed by atoms with Gasteiger partial charge < -0.3 is 19.3 Å². The lowest BCUT2D eigenvalue weighted by Gasteiger charge is -2.41. The van der Waals surface area contributed by atoms with Crippen molar-refractivity contribution in [1.29, 1.82) is 0 Å². The van der Waals surface area contributed by atoms with Crippen molar-refractivity contribution >= 4 is 23.5 Å². The van der Waals surface area contributed by atoms with Crippen LogP contribution in [0.1, 0.15) is 61.4 Å². The SMILES string of the molecule is CC(=O)OCCCCCOc1ccc(C(=O)N2CCC(N3C(=O)CCc4ccccc43)CC2)cc1. The third-order valence-corrected chi connectivity index (χ3v) is 6.71. The van der Waals surface area contributed by atoms with Crippen LogP contribution < -0.4 is 9.64 Å². The lowest BCUT2D eigenvalue weighted by atomic mass is 9.95.